The van der Waals surface area contributed by atoms with Gasteiger partial charge in [0.2, 0.25) is 0 Å². The lowest BCUT2D eigenvalue weighted by Crippen LogP contribution is -2.54. The van der Waals surface area contributed by atoms with E-state index in [1.807, 2.05) is 31.2 Å². The van der Waals surface area contributed by atoms with Crippen LogP contribution >= 0.6 is 0 Å². The number of piperidine rings is 1. The first kappa shape index (κ1) is 18.2. The molecule has 1 saturated carbocycles. The first-order valence-electron chi connectivity index (χ1n) is 9.65. The fourth-order valence-corrected chi connectivity index (χ4v) is 4.48. The van der Waals surface area contributed by atoms with Crippen molar-refractivity contribution < 1.29 is 14.3 Å². The Kier molecular flexibility index (Phi) is 6.00. The highest BCUT2D eigenvalue weighted by molar-refractivity contribution is 5.81. The van der Waals surface area contributed by atoms with E-state index in [1.54, 1.807) is 7.11 Å². The largest absolute Gasteiger partial charge is 0.497 e. The van der Waals surface area contributed by atoms with Crippen LogP contribution < -0.4 is 4.74 Å². The van der Waals surface area contributed by atoms with Crippen molar-refractivity contribution in [2.45, 2.75) is 64.7 Å². The van der Waals surface area contributed by atoms with Crippen molar-refractivity contribution >= 4 is 5.91 Å². The zero-order valence-corrected chi connectivity index (χ0v) is 15.7. The molecule has 4 heteroatoms. The summed E-state index contributed by atoms with van der Waals surface area (Å²) in [6, 6.07) is 8.24. The number of carbonyl (C=O) groups is 1. The Hall–Kier alpha value is -1.55. The topological polar surface area (TPSA) is 38.8 Å². The molecule has 4 unspecified atom stereocenters. The Morgan fingerprint density at radius 2 is 2.08 bits per heavy atom. The van der Waals surface area contributed by atoms with Crippen LogP contribution in [0.1, 0.15) is 51.5 Å². The van der Waals surface area contributed by atoms with Gasteiger partial charge in [0.15, 0.2) is 0 Å². The monoisotopic (exact) mass is 345 g/mol. The van der Waals surface area contributed by atoms with Gasteiger partial charge in [-0.05, 0) is 55.7 Å². The molecule has 2 aliphatic rings. The smallest absolute Gasteiger partial charge is 0.251 e. The summed E-state index contributed by atoms with van der Waals surface area (Å²) in [4.78, 5) is 15.1. The maximum absolute atomic E-state index is 13.0. The molecule has 0 radical (unpaired) electrons. The van der Waals surface area contributed by atoms with Gasteiger partial charge in [-0.15, -0.1) is 0 Å². The van der Waals surface area contributed by atoms with Crippen molar-refractivity contribution in [3.63, 3.8) is 0 Å². The van der Waals surface area contributed by atoms with E-state index in [9.17, 15) is 4.79 Å². The van der Waals surface area contributed by atoms with Crippen LogP contribution in [0.5, 0.6) is 5.75 Å². The first-order chi connectivity index (χ1) is 12.1. The number of likely N-dealkylation sites (tertiary alicyclic amines) is 1. The van der Waals surface area contributed by atoms with Crippen molar-refractivity contribution in [2.75, 3.05) is 13.7 Å². The molecular weight excluding hydrogens is 314 g/mol. The van der Waals surface area contributed by atoms with Crippen LogP contribution in [0.15, 0.2) is 24.3 Å². The van der Waals surface area contributed by atoms with Gasteiger partial charge in [-0.2, -0.15) is 0 Å². The van der Waals surface area contributed by atoms with Gasteiger partial charge in [0.25, 0.3) is 5.91 Å². The minimum atomic E-state index is -0.401. The number of hydrogen-bond donors (Lipinski definition) is 0. The third kappa shape index (κ3) is 4.17. The fraction of sp³-hybridized carbons (Fsp3) is 0.667. The molecule has 4 atom stereocenters. The highest BCUT2D eigenvalue weighted by atomic mass is 16.5. The number of ether oxygens (including phenoxy) is 2. The van der Waals surface area contributed by atoms with Crippen LogP contribution in [0.25, 0.3) is 0 Å². The van der Waals surface area contributed by atoms with Gasteiger partial charge in [0, 0.05) is 12.6 Å². The van der Waals surface area contributed by atoms with E-state index >= 15 is 0 Å². The van der Waals surface area contributed by atoms with E-state index in [2.05, 4.69) is 11.8 Å². The molecule has 4 nitrogen and oxygen atoms in total. The molecule has 0 N–H and O–H groups in total. The lowest BCUT2D eigenvalue weighted by molar-refractivity contribution is -0.151. The van der Waals surface area contributed by atoms with Crippen LogP contribution in [0.2, 0.25) is 0 Å². The summed E-state index contributed by atoms with van der Waals surface area (Å²) < 4.78 is 11.1. The lowest BCUT2D eigenvalue weighted by Gasteiger charge is -2.47. The molecule has 3 rings (SSSR count). The molecule has 138 valence electrons. The zero-order valence-electron chi connectivity index (χ0n) is 15.7. The van der Waals surface area contributed by atoms with Gasteiger partial charge in [-0.25, -0.2) is 0 Å². The third-order valence-corrected chi connectivity index (χ3v) is 6.00. The minimum absolute atomic E-state index is 0.159. The zero-order chi connectivity index (χ0) is 17.8. The molecule has 1 aromatic rings. The van der Waals surface area contributed by atoms with Crippen LogP contribution in [-0.4, -0.2) is 36.6 Å². The average Bonchev–Trinajstić information content (AvgIpc) is 2.66. The SMILES string of the molecule is COc1cccc(COC(C)C(=O)N2CCC(C)C3CCCCC32)c1. The number of rotatable bonds is 5. The first-order valence-corrected chi connectivity index (χ1v) is 9.65. The van der Waals surface area contributed by atoms with Crippen molar-refractivity contribution in [3.8, 4) is 5.75 Å². The standard InChI is InChI=1S/C21H31NO3/c1-15-11-12-22(20-10-5-4-9-19(15)20)21(23)16(2)25-14-17-7-6-8-18(13-17)24-3/h6-8,13,15-16,19-20H,4-5,9-12,14H2,1-3H3. The predicted octanol–water partition coefficient (Wildman–Crippen LogP) is 4.03. The molecule has 1 aliphatic heterocycles. The summed E-state index contributed by atoms with van der Waals surface area (Å²) in [5, 5.41) is 0. The maximum atomic E-state index is 13.0. The van der Waals surface area contributed by atoms with E-state index in [0.29, 0.717) is 18.6 Å². The number of nitrogens with zero attached hydrogens (tertiary/aromatic N) is 1. The molecule has 0 aromatic heterocycles. The highest BCUT2D eigenvalue weighted by Crippen LogP contribution is 2.39. The van der Waals surface area contributed by atoms with Gasteiger partial charge < -0.3 is 14.4 Å². The number of fused-ring (bicyclic) bond motifs is 1. The molecule has 1 aromatic carbocycles. The van der Waals surface area contributed by atoms with Crippen molar-refractivity contribution in [1.82, 2.24) is 4.90 Å². The van der Waals surface area contributed by atoms with Crippen LogP contribution in [0, 0.1) is 11.8 Å². The number of carbonyl (C=O) groups excluding carboxylic acids is 1. The normalized spacial score (nSPS) is 27.5. The average molecular weight is 345 g/mol. The van der Waals surface area contributed by atoms with Crippen LogP contribution in [0.4, 0.5) is 0 Å². The second-order valence-corrected chi connectivity index (χ2v) is 7.62. The summed E-state index contributed by atoms with van der Waals surface area (Å²) in [7, 11) is 1.66. The molecule has 0 bridgehead atoms. The fourth-order valence-electron chi connectivity index (χ4n) is 4.48. The molecule has 2 fully saturated rings. The van der Waals surface area contributed by atoms with Gasteiger partial charge in [0.1, 0.15) is 11.9 Å². The summed E-state index contributed by atoms with van der Waals surface area (Å²) in [5.74, 6) is 2.39. The third-order valence-electron chi connectivity index (χ3n) is 6.00. The van der Waals surface area contributed by atoms with Crippen LogP contribution in [0.3, 0.4) is 0 Å². The Bertz CT molecular complexity index is 588. The molecule has 1 aliphatic carbocycles. The molecule has 1 amide bonds. The molecule has 0 spiro atoms. The Labute approximate surface area is 151 Å². The maximum Gasteiger partial charge on any atom is 0.251 e. The van der Waals surface area contributed by atoms with Gasteiger partial charge >= 0.3 is 0 Å². The van der Waals surface area contributed by atoms with Crippen molar-refractivity contribution in [3.05, 3.63) is 29.8 Å². The molecule has 1 heterocycles. The van der Waals surface area contributed by atoms with E-state index in [-0.39, 0.29) is 5.91 Å². The summed E-state index contributed by atoms with van der Waals surface area (Å²) >= 11 is 0. The molecular formula is C21H31NO3. The highest BCUT2D eigenvalue weighted by Gasteiger charge is 2.40. The number of benzene rings is 1. The molecule has 25 heavy (non-hydrogen) atoms. The summed E-state index contributed by atoms with van der Waals surface area (Å²) in [6.45, 7) is 5.56. The quantitative estimate of drug-likeness (QED) is 0.809. The Morgan fingerprint density at radius 3 is 2.88 bits per heavy atom. The van der Waals surface area contributed by atoms with Gasteiger partial charge in [-0.1, -0.05) is 31.9 Å². The number of methoxy groups -OCH3 is 1. The van der Waals surface area contributed by atoms with Crippen molar-refractivity contribution in [1.29, 1.82) is 0 Å². The van der Waals surface area contributed by atoms with Crippen LogP contribution in [-0.2, 0) is 16.1 Å². The van der Waals surface area contributed by atoms with Crippen molar-refractivity contribution in [2.24, 2.45) is 11.8 Å². The van der Waals surface area contributed by atoms with Gasteiger partial charge in [0.05, 0.1) is 13.7 Å². The predicted molar refractivity (Wildman–Crippen MR) is 98.5 cm³/mol. The van der Waals surface area contributed by atoms with Gasteiger partial charge in [-0.3, -0.25) is 4.79 Å². The second kappa shape index (κ2) is 8.22. The summed E-state index contributed by atoms with van der Waals surface area (Å²) in [6.07, 6.45) is 5.71. The van der Waals surface area contributed by atoms with E-state index in [1.165, 1.54) is 19.3 Å². The Balaban J connectivity index is 1.59. The Morgan fingerprint density at radius 1 is 1.28 bits per heavy atom. The number of amides is 1. The lowest BCUT2D eigenvalue weighted by atomic mass is 9.72. The van der Waals surface area contributed by atoms with E-state index in [0.717, 1.165) is 36.6 Å². The number of hydrogen-bond acceptors (Lipinski definition) is 3. The second-order valence-electron chi connectivity index (χ2n) is 7.62. The minimum Gasteiger partial charge on any atom is -0.497 e. The van der Waals surface area contributed by atoms with E-state index in [4.69, 9.17) is 9.47 Å². The summed E-state index contributed by atoms with van der Waals surface area (Å²) in [5.41, 5.74) is 1.03. The van der Waals surface area contributed by atoms with E-state index < -0.39 is 6.10 Å². The molecule has 1 saturated heterocycles.